The second-order valence-corrected chi connectivity index (χ2v) is 3.22. The minimum atomic E-state index is 0.685. The zero-order valence-corrected chi connectivity index (χ0v) is 8.57. The molecule has 0 bridgehead atoms. The summed E-state index contributed by atoms with van der Waals surface area (Å²) in [5.41, 5.74) is 2.08. The van der Waals surface area contributed by atoms with Crippen molar-refractivity contribution in [1.82, 2.24) is 5.32 Å². The second kappa shape index (κ2) is 4.91. The Morgan fingerprint density at radius 2 is 2.23 bits per heavy atom. The third kappa shape index (κ3) is 3.10. The monoisotopic (exact) mass is 193 g/mol. The number of halogens is 1. The van der Waals surface area contributed by atoms with Gasteiger partial charge in [0.05, 0.1) is 11.6 Å². The highest BCUT2D eigenvalue weighted by Crippen LogP contribution is 2.15. The van der Waals surface area contributed by atoms with Crippen LogP contribution in [-0.4, -0.2) is 13.6 Å². The minimum Gasteiger partial charge on any atom is -0.309 e. The fourth-order valence-corrected chi connectivity index (χ4v) is 1.13. The van der Waals surface area contributed by atoms with E-state index >= 15 is 0 Å². The highest BCUT2D eigenvalue weighted by atomic mass is 35.5. The molecule has 0 atom stereocenters. The maximum atomic E-state index is 5.95. The van der Waals surface area contributed by atoms with E-state index in [1.54, 1.807) is 0 Å². The Balaban J connectivity index is 2.89. The standard InChI is InChI=1S/C11H12ClN/c1-9-5-6-11(12)10(8-9)4-3-7-13-2/h5-6,8,13H,7H2,1-2H3. The van der Waals surface area contributed by atoms with Crippen LogP contribution in [0.1, 0.15) is 11.1 Å². The van der Waals surface area contributed by atoms with Crippen molar-refractivity contribution in [3.05, 3.63) is 34.3 Å². The molecule has 0 aliphatic carbocycles. The van der Waals surface area contributed by atoms with E-state index in [-0.39, 0.29) is 0 Å². The molecule has 0 aromatic heterocycles. The topological polar surface area (TPSA) is 12.0 Å². The molecule has 1 rings (SSSR count). The summed E-state index contributed by atoms with van der Waals surface area (Å²) in [4.78, 5) is 0. The lowest BCUT2D eigenvalue weighted by Crippen LogP contribution is -2.04. The van der Waals surface area contributed by atoms with Crippen LogP contribution in [0.15, 0.2) is 18.2 Å². The molecule has 1 aromatic rings. The molecule has 1 nitrogen and oxygen atoms in total. The van der Waals surface area contributed by atoms with Gasteiger partial charge in [-0.15, -0.1) is 0 Å². The van der Waals surface area contributed by atoms with Crippen molar-refractivity contribution >= 4 is 11.6 Å². The summed E-state index contributed by atoms with van der Waals surface area (Å²) in [7, 11) is 1.87. The van der Waals surface area contributed by atoms with Gasteiger partial charge < -0.3 is 5.32 Å². The lowest BCUT2D eigenvalue weighted by atomic mass is 10.1. The summed E-state index contributed by atoms with van der Waals surface area (Å²) < 4.78 is 0. The van der Waals surface area contributed by atoms with Crippen molar-refractivity contribution in [2.75, 3.05) is 13.6 Å². The van der Waals surface area contributed by atoms with E-state index in [2.05, 4.69) is 17.2 Å². The summed E-state index contributed by atoms with van der Waals surface area (Å²) in [6, 6.07) is 5.84. The van der Waals surface area contributed by atoms with E-state index in [0.29, 0.717) is 11.6 Å². The van der Waals surface area contributed by atoms with Crippen LogP contribution in [0.25, 0.3) is 0 Å². The molecule has 0 aliphatic heterocycles. The molecule has 1 N–H and O–H groups in total. The predicted octanol–water partition coefficient (Wildman–Crippen LogP) is 2.22. The van der Waals surface area contributed by atoms with Gasteiger partial charge in [0.25, 0.3) is 0 Å². The summed E-state index contributed by atoms with van der Waals surface area (Å²) in [6.45, 7) is 2.71. The molecule has 68 valence electrons. The Hall–Kier alpha value is -0.970. The van der Waals surface area contributed by atoms with Gasteiger partial charge in [0.15, 0.2) is 0 Å². The number of aryl methyl sites for hydroxylation is 1. The SMILES string of the molecule is CNCC#Cc1cc(C)ccc1Cl. The van der Waals surface area contributed by atoms with Crippen LogP contribution in [0, 0.1) is 18.8 Å². The Morgan fingerprint density at radius 3 is 2.92 bits per heavy atom. The Labute approximate surface area is 84.1 Å². The lowest BCUT2D eigenvalue weighted by molar-refractivity contribution is 0.938. The van der Waals surface area contributed by atoms with Gasteiger partial charge >= 0.3 is 0 Å². The highest BCUT2D eigenvalue weighted by Gasteiger charge is 1.95. The van der Waals surface area contributed by atoms with Gasteiger partial charge in [0.1, 0.15) is 0 Å². The van der Waals surface area contributed by atoms with Crippen LogP contribution in [0.3, 0.4) is 0 Å². The number of benzene rings is 1. The van der Waals surface area contributed by atoms with Crippen molar-refractivity contribution in [2.45, 2.75) is 6.92 Å². The van der Waals surface area contributed by atoms with Crippen LogP contribution >= 0.6 is 11.6 Å². The molecule has 13 heavy (non-hydrogen) atoms. The average Bonchev–Trinajstić information content (AvgIpc) is 2.11. The van der Waals surface area contributed by atoms with E-state index in [9.17, 15) is 0 Å². The number of rotatable bonds is 1. The van der Waals surface area contributed by atoms with Gasteiger partial charge in [0, 0.05) is 5.56 Å². The molecule has 0 unspecified atom stereocenters. The van der Waals surface area contributed by atoms with E-state index in [1.807, 2.05) is 32.2 Å². The Bertz CT molecular complexity index is 347. The number of hydrogen-bond donors (Lipinski definition) is 1. The van der Waals surface area contributed by atoms with Crippen LogP contribution < -0.4 is 5.32 Å². The zero-order valence-electron chi connectivity index (χ0n) is 7.82. The Morgan fingerprint density at radius 1 is 1.46 bits per heavy atom. The number of hydrogen-bond acceptors (Lipinski definition) is 1. The van der Waals surface area contributed by atoms with Crippen molar-refractivity contribution in [1.29, 1.82) is 0 Å². The summed E-state index contributed by atoms with van der Waals surface area (Å²) >= 11 is 5.95. The predicted molar refractivity (Wildman–Crippen MR) is 57.0 cm³/mol. The van der Waals surface area contributed by atoms with Gasteiger partial charge in [-0.2, -0.15) is 0 Å². The maximum absolute atomic E-state index is 5.95. The molecule has 0 heterocycles. The maximum Gasteiger partial charge on any atom is 0.0577 e. The van der Waals surface area contributed by atoms with Crippen LogP contribution in [0.4, 0.5) is 0 Å². The first-order chi connectivity index (χ1) is 6.24. The van der Waals surface area contributed by atoms with Gasteiger partial charge in [-0.1, -0.05) is 29.5 Å². The third-order valence-electron chi connectivity index (χ3n) is 1.61. The van der Waals surface area contributed by atoms with E-state index in [4.69, 9.17) is 11.6 Å². The molecule has 0 saturated heterocycles. The van der Waals surface area contributed by atoms with Crippen molar-refractivity contribution < 1.29 is 0 Å². The lowest BCUT2D eigenvalue weighted by Gasteiger charge is -1.96. The smallest absolute Gasteiger partial charge is 0.0577 e. The van der Waals surface area contributed by atoms with E-state index in [1.165, 1.54) is 5.56 Å². The third-order valence-corrected chi connectivity index (χ3v) is 1.94. The molecule has 0 saturated carbocycles. The van der Waals surface area contributed by atoms with Crippen LogP contribution in [0.2, 0.25) is 5.02 Å². The van der Waals surface area contributed by atoms with Gasteiger partial charge in [-0.3, -0.25) is 0 Å². The van der Waals surface area contributed by atoms with Crippen molar-refractivity contribution in [2.24, 2.45) is 0 Å². The quantitative estimate of drug-likeness (QED) is 0.675. The van der Waals surface area contributed by atoms with Crippen molar-refractivity contribution in [3.8, 4) is 11.8 Å². The van der Waals surface area contributed by atoms with Gasteiger partial charge in [-0.25, -0.2) is 0 Å². The fraction of sp³-hybridized carbons (Fsp3) is 0.273. The first-order valence-electron chi connectivity index (χ1n) is 4.13. The minimum absolute atomic E-state index is 0.685. The zero-order chi connectivity index (χ0) is 9.68. The molecule has 0 amide bonds. The summed E-state index contributed by atoms with van der Waals surface area (Å²) in [5.74, 6) is 5.98. The van der Waals surface area contributed by atoms with Crippen LogP contribution in [-0.2, 0) is 0 Å². The molecule has 0 spiro atoms. The number of nitrogens with one attached hydrogen (secondary N) is 1. The van der Waals surface area contributed by atoms with Crippen molar-refractivity contribution in [3.63, 3.8) is 0 Å². The highest BCUT2D eigenvalue weighted by molar-refractivity contribution is 6.31. The molecular formula is C11H12ClN. The first kappa shape index (κ1) is 10.1. The summed E-state index contributed by atoms with van der Waals surface area (Å²) in [5, 5.41) is 3.67. The van der Waals surface area contributed by atoms with E-state index in [0.717, 1.165) is 5.56 Å². The molecule has 0 fully saturated rings. The molecule has 0 aliphatic rings. The van der Waals surface area contributed by atoms with Crippen LogP contribution in [0.5, 0.6) is 0 Å². The average molecular weight is 194 g/mol. The summed E-state index contributed by atoms with van der Waals surface area (Å²) in [6.07, 6.45) is 0. The van der Waals surface area contributed by atoms with E-state index < -0.39 is 0 Å². The fourth-order valence-electron chi connectivity index (χ4n) is 0.963. The second-order valence-electron chi connectivity index (χ2n) is 2.82. The molecule has 0 radical (unpaired) electrons. The van der Waals surface area contributed by atoms with Gasteiger partial charge in [-0.05, 0) is 31.7 Å². The molecule has 2 heteroatoms. The van der Waals surface area contributed by atoms with Gasteiger partial charge in [0.2, 0.25) is 0 Å². The normalized spacial score (nSPS) is 9.15. The molecule has 1 aromatic carbocycles. The first-order valence-corrected chi connectivity index (χ1v) is 4.51. The Kier molecular flexibility index (Phi) is 3.82. The largest absolute Gasteiger partial charge is 0.309 e. The molecular weight excluding hydrogens is 182 g/mol.